The minimum atomic E-state index is -0.351. The Morgan fingerprint density at radius 2 is 1.96 bits per heavy atom. The van der Waals surface area contributed by atoms with Crippen LogP contribution >= 0.6 is 11.3 Å². The van der Waals surface area contributed by atoms with Gasteiger partial charge in [-0.1, -0.05) is 43.2 Å². The maximum Gasteiger partial charge on any atom is 0.341 e. The van der Waals surface area contributed by atoms with Gasteiger partial charge < -0.3 is 10.1 Å². The number of ether oxygens (including phenoxy) is 1. The van der Waals surface area contributed by atoms with Gasteiger partial charge >= 0.3 is 5.97 Å². The van der Waals surface area contributed by atoms with Crippen LogP contribution in [0.2, 0.25) is 0 Å². The van der Waals surface area contributed by atoms with E-state index < -0.39 is 0 Å². The van der Waals surface area contributed by atoms with E-state index in [1.807, 2.05) is 6.07 Å². The Balaban J connectivity index is 1.55. The van der Waals surface area contributed by atoms with E-state index in [2.05, 4.69) is 34.5 Å². The predicted molar refractivity (Wildman–Crippen MR) is 111 cm³/mol. The molecule has 1 fully saturated rings. The molecule has 0 radical (unpaired) electrons. The van der Waals surface area contributed by atoms with Gasteiger partial charge in [-0.3, -0.25) is 9.69 Å². The maximum atomic E-state index is 12.6. The van der Waals surface area contributed by atoms with Gasteiger partial charge in [0.2, 0.25) is 5.91 Å². The molecule has 1 saturated carbocycles. The molecule has 0 bridgehead atoms. The fraction of sp³-hybridized carbons (Fsp3) is 0.455. The summed E-state index contributed by atoms with van der Waals surface area (Å²) in [6, 6.07) is 10.4. The van der Waals surface area contributed by atoms with E-state index in [1.54, 1.807) is 0 Å². The zero-order valence-electron chi connectivity index (χ0n) is 16.2. The molecule has 1 N–H and O–H groups in total. The first-order chi connectivity index (χ1) is 13.7. The van der Waals surface area contributed by atoms with E-state index in [0.29, 0.717) is 10.6 Å². The lowest BCUT2D eigenvalue weighted by Gasteiger charge is -2.27. The smallest absolute Gasteiger partial charge is 0.341 e. The quantitative estimate of drug-likeness (QED) is 0.766. The number of hydrogen-bond acceptors (Lipinski definition) is 5. The molecule has 6 heteroatoms. The van der Waals surface area contributed by atoms with E-state index in [9.17, 15) is 9.59 Å². The molecule has 2 heterocycles. The maximum absolute atomic E-state index is 12.6. The van der Waals surface area contributed by atoms with E-state index in [0.717, 1.165) is 62.2 Å². The van der Waals surface area contributed by atoms with Crippen molar-refractivity contribution in [2.75, 3.05) is 19.0 Å². The number of fused-ring (bicyclic) bond motifs is 1. The molecule has 28 heavy (non-hydrogen) atoms. The molecule has 1 amide bonds. The zero-order valence-corrected chi connectivity index (χ0v) is 17.0. The molecule has 2 aromatic rings. The van der Waals surface area contributed by atoms with Gasteiger partial charge in [-0.15, -0.1) is 11.3 Å². The molecular weight excluding hydrogens is 372 g/mol. The van der Waals surface area contributed by atoms with E-state index in [1.165, 1.54) is 24.0 Å². The molecule has 0 unspecified atom stereocenters. The highest BCUT2D eigenvalue weighted by Crippen LogP contribution is 2.38. The highest BCUT2D eigenvalue weighted by molar-refractivity contribution is 7.17. The van der Waals surface area contributed by atoms with Gasteiger partial charge in [0.05, 0.1) is 12.7 Å². The largest absolute Gasteiger partial charge is 0.465 e. The first-order valence-corrected chi connectivity index (χ1v) is 10.8. The van der Waals surface area contributed by atoms with E-state index in [4.69, 9.17) is 4.74 Å². The average Bonchev–Trinajstić information content (AvgIpc) is 3.36. The summed E-state index contributed by atoms with van der Waals surface area (Å²) in [6.45, 7) is 2.56. The van der Waals surface area contributed by atoms with Gasteiger partial charge in [0.25, 0.3) is 0 Å². The van der Waals surface area contributed by atoms with Crippen LogP contribution < -0.4 is 5.32 Å². The number of carbonyl (C=O) groups excluding carboxylic acids is 2. The number of benzene rings is 1. The Kier molecular flexibility index (Phi) is 5.78. The molecule has 4 rings (SSSR count). The summed E-state index contributed by atoms with van der Waals surface area (Å²) in [5.74, 6) is -0.239. The van der Waals surface area contributed by atoms with E-state index >= 15 is 0 Å². The first-order valence-electron chi connectivity index (χ1n) is 9.95. The number of nitrogens with one attached hydrogen (secondary N) is 1. The summed E-state index contributed by atoms with van der Waals surface area (Å²) < 4.78 is 5.03. The van der Waals surface area contributed by atoms with Crippen LogP contribution in [-0.4, -0.2) is 30.4 Å². The summed E-state index contributed by atoms with van der Waals surface area (Å²) in [7, 11) is 1.40. The SMILES string of the molecule is COC(=O)c1c(NC(=O)C2CCCC2)sc2c1CCN(Cc1ccccc1)C2. The van der Waals surface area contributed by atoms with Gasteiger partial charge in [0, 0.05) is 30.4 Å². The van der Waals surface area contributed by atoms with Crippen molar-refractivity contribution in [2.45, 2.75) is 45.2 Å². The molecule has 148 valence electrons. The van der Waals surface area contributed by atoms with Gasteiger partial charge in [-0.2, -0.15) is 0 Å². The highest BCUT2D eigenvalue weighted by Gasteiger charge is 2.31. The molecule has 2 aliphatic rings. The van der Waals surface area contributed by atoms with Crippen LogP contribution in [0.4, 0.5) is 5.00 Å². The Bertz CT molecular complexity index is 856. The summed E-state index contributed by atoms with van der Waals surface area (Å²) in [5.41, 5.74) is 2.89. The Morgan fingerprint density at radius 3 is 2.68 bits per heavy atom. The lowest BCUT2D eigenvalue weighted by Crippen LogP contribution is -2.29. The normalized spacial score (nSPS) is 17.3. The number of anilines is 1. The van der Waals surface area contributed by atoms with Crippen molar-refractivity contribution in [1.29, 1.82) is 0 Å². The van der Waals surface area contributed by atoms with Crippen LogP contribution in [0.3, 0.4) is 0 Å². The minimum Gasteiger partial charge on any atom is -0.465 e. The standard InChI is InChI=1S/C22H26N2O3S/c1-27-22(26)19-17-11-12-24(13-15-7-3-2-4-8-15)14-18(17)28-21(19)23-20(25)16-9-5-6-10-16/h2-4,7-8,16H,5-6,9-14H2,1H3,(H,23,25). The zero-order chi connectivity index (χ0) is 19.5. The Labute approximate surface area is 169 Å². The molecule has 0 atom stereocenters. The number of nitrogens with zero attached hydrogens (tertiary/aromatic N) is 1. The van der Waals surface area contributed by atoms with Crippen molar-refractivity contribution < 1.29 is 14.3 Å². The molecule has 1 aliphatic carbocycles. The minimum absolute atomic E-state index is 0.0439. The lowest BCUT2D eigenvalue weighted by molar-refractivity contribution is -0.119. The van der Waals surface area contributed by atoms with Crippen LogP contribution in [0.25, 0.3) is 0 Å². The van der Waals surface area contributed by atoms with E-state index in [-0.39, 0.29) is 17.8 Å². The summed E-state index contributed by atoms with van der Waals surface area (Å²) in [4.78, 5) is 28.6. The topological polar surface area (TPSA) is 58.6 Å². The molecular formula is C22H26N2O3S. The second-order valence-corrected chi connectivity index (χ2v) is 8.72. The average molecular weight is 399 g/mol. The second-order valence-electron chi connectivity index (χ2n) is 7.62. The molecule has 1 aromatic heterocycles. The number of rotatable bonds is 5. The van der Waals surface area contributed by atoms with Gasteiger partial charge in [-0.05, 0) is 30.4 Å². The van der Waals surface area contributed by atoms with Crippen molar-refractivity contribution in [2.24, 2.45) is 5.92 Å². The Hall–Kier alpha value is -2.18. The summed E-state index contributed by atoms with van der Waals surface area (Å²) in [6.07, 6.45) is 4.89. The summed E-state index contributed by atoms with van der Waals surface area (Å²) in [5, 5.41) is 3.71. The Morgan fingerprint density at radius 1 is 1.21 bits per heavy atom. The molecule has 1 aliphatic heterocycles. The van der Waals surface area contributed by atoms with Crippen LogP contribution in [0.15, 0.2) is 30.3 Å². The molecule has 0 spiro atoms. The third kappa shape index (κ3) is 3.98. The van der Waals surface area contributed by atoms with Crippen molar-refractivity contribution in [3.63, 3.8) is 0 Å². The van der Waals surface area contributed by atoms with Crippen molar-refractivity contribution in [3.8, 4) is 0 Å². The number of thiophene rings is 1. The highest BCUT2D eigenvalue weighted by atomic mass is 32.1. The van der Waals surface area contributed by atoms with Crippen LogP contribution in [0.5, 0.6) is 0 Å². The molecule has 5 nitrogen and oxygen atoms in total. The third-order valence-electron chi connectivity index (χ3n) is 5.74. The van der Waals surface area contributed by atoms with Crippen molar-refractivity contribution in [1.82, 2.24) is 4.90 Å². The van der Waals surface area contributed by atoms with Crippen molar-refractivity contribution in [3.05, 3.63) is 51.9 Å². The fourth-order valence-corrected chi connectivity index (χ4v) is 5.52. The van der Waals surface area contributed by atoms with Gasteiger partial charge in [0.1, 0.15) is 5.00 Å². The van der Waals surface area contributed by atoms with Gasteiger partial charge in [-0.25, -0.2) is 4.79 Å². The number of hydrogen-bond donors (Lipinski definition) is 1. The van der Waals surface area contributed by atoms with Crippen LogP contribution in [0.1, 0.15) is 52.0 Å². The molecule has 1 aromatic carbocycles. The number of methoxy groups -OCH3 is 1. The number of esters is 1. The first kappa shape index (κ1) is 19.2. The van der Waals surface area contributed by atoms with Crippen LogP contribution in [-0.2, 0) is 29.0 Å². The third-order valence-corrected chi connectivity index (χ3v) is 6.87. The number of amides is 1. The fourth-order valence-electron chi connectivity index (χ4n) is 4.24. The van der Waals surface area contributed by atoms with Gasteiger partial charge in [0.15, 0.2) is 0 Å². The second kappa shape index (κ2) is 8.45. The molecule has 0 saturated heterocycles. The van der Waals surface area contributed by atoms with Crippen LogP contribution in [0, 0.1) is 5.92 Å². The summed E-state index contributed by atoms with van der Waals surface area (Å²) >= 11 is 1.53. The lowest BCUT2D eigenvalue weighted by atomic mass is 10.0. The number of carbonyl (C=O) groups is 2. The monoisotopic (exact) mass is 398 g/mol. The predicted octanol–water partition coefficient (Wildman–Crippen LogP) is 4.22. The van der Waals surface area contributed by atoms with Crippen molar-refractivity contribution >= 4 is 28.2 Å².